The number of aryl methyl sites for hydroxylation is 2. The summed E-state index contributed by atoms with van der Waals surface area (Å²) in [6.07, 6.45) is 0.574. The van der Waals surface area contributed by atoms with E-state index < -0.39 is 11.6 Å². The van der Waals surface area contributed by atoms with Crippen LogP contribution in [0.2, 0.25) is 0 Å². The lowest BCUT2D eigenvalue weighted by atomic mass is 10.0. The summed E-state index contributed by atoms with van der Waals surface area (Å²) < 4.78 is 26.4. The minimum absolute atomic E-state index is 0.0820. The van der Waals surface area contributed by atoms with Crippen molar-refractivity contribution in [1.82, 2.24) is 5.32 Å². The second-order valence-corrected chi connectivity index (χ2v) is 6.00. The molecule has 1 atom stereocenters. The van der Waals surface area contributed by atoms with Gasteiger partial charge < -0.3 is 5.32 Å². The molecule has 0 amide bonds. The van der Waals surface area contributed by atoms with Gasteiger partial charge in [-0.05, 0) is 56.6 Å². The van der Waals surface area contributed by atoms with Gasteiger partial charge in [-0.3, -0.25) is 0 Å². The molecule has 4 heteroatoms. The highest BCUT2D eigenvalue weighted by molar-refractivity contribution is 7.12. The van der Waals surface area contributed by atoms with Crippen LogP contribution in [-0.2, 0) is 6.42 Å². The van der Waals surface area contributed by atoms with E-state index in [0.29, 0.717) is 12.0 Å². The fourth-order valence-corrected chi connectivity index (χ4v) is 3.24. The molecule has 1 heterocycles. The first-order valence-electron chi connectivity index (χ1n) is 6.18. The van der Waals surface area contributed by atoms with E-state index in [0.717, 1.165) is 6.07 Å². The van der Waals surface area contributed by atoms with Crippen molar-refractivity contribution in [2.75, 3.05) is 7.05 Å². The van der Waals surface area contributed by atoms with Crippen LogP contribution in [0.1, 0.15) is 26.9 Å². The van der Waals surface area contributed by atoms with Gasteiger partial charge in [-0.25, -0.2) is 8.78 Å². The number of likely N-dealkylation sites (N-methyl/N-ethyl adjacent to an activating group) is 1. The number of rotatable bonds is 4. The van der Waals surface area contributed by atoms with E-state index in [1.807, 2.05) is 7.05 Å². The molecule has 0 bridgehead atoms. The van der Waals surface area contributed by atoms with E-state index in [1.54, 1.807) is 11.3 Å². The molecule has 1 aromatic heterocycles. The lowest BCUT2D eigenvalue weighted by molar-refractivity contribution is 0.565. The first kappa shape index (κ1) is 14.2. The van der Waals surface area contributed by atoms with Gasteiger partial charge in [0.25, 0.3) is 0 Å². The van der Waals surface area contributed by atoms with E-state index >= 15 is 0 Å². The second-order valence-electron chi connectivity index (χ2n) is 4.71. The first-order valence-corrected chi connectivity index (χ1v) is 7.00. The maximum atomic E-state index is 13.2. The van der Waals surface area contributed by atoms with Crippen molar-refractivity contribution < 1.29 is 8.78 Å². The van der Waals surface area contributed by atoms with Gasteiger partial charge in [0.2, 0.25) is 0 Å². The highest BCUT2D eigenvalue weighted by Gasteiger charge is 2.14. The molecule has 0 aliphatic rings. The minimum Gasteiger partial charge on any atom is -0.312 e. The van der Waals surface area contributed by atoms with Crippen molar-refractivity contribution in [2.24, 2.45) is 0 Å². The lowest BCUT2D eigenvalue weighted by Gasteiger charge is -2.14. The molecule has 1 unspecified atom stereocenters. The van der Waals surface area contributed by atoms with Gasteiger partial charge in [0, 0.05) is 21.9 Å². The van der Waals surface area contributed by atoms with Crippen LogP contribution >= 0.6 is 11.3 Å². The highest BCUT2D eigenvalue weighted by atomic mass is 32.1. The molecular formula is C15H17F2NS. The van der Waals surface area contributed by atoms with E-state index in [-0.39, 0.29) is 6.04 Å². The van der Waals surface area contributed by atoms with Crippen molar-refractivity contribution >= 4 is 11.3 Å². The van der Waals surface area contributed by atoms with Gasteiger partial charge in [0.05, 0.1) is 0 Å². The number of benzene rings is 1. The van der Waals surface area contributed by atoms with E-state index in [4.69, 9.17) is 0 Å². The van der Waals surface area contributed by atoms with Crippen LogP contribution in [0.5, 0.6) is 0 Å². The van der Waals surface area contributed by atoms with Gasteiger partial charge in [-0.1, -0.05) is 0 Å². The van der Waals surface area contributed by atoms with Crippen molar-refractivity contribution in [3.05, 3.63) is 56.8 Å². The first-order chi connectivity index (χ1) is 8.99. The Morgan fingerprint density at radius 1 is 1.11 bits per heavy atom. The summed E-state index contributed by atoms with van der Waals surface area (Å²) in [7, 11) is 1.87. The van der Waals surface area contributed by atoms with Gasteiger partial charge >= 0.3 is 0 Å². The van der Waals surface area contributed by atoms with Crippen LogP contribution < -0.4 is 5.32 Å². The van der Waals surface area contributed by atoms with Crippen LogP contribution in [0.15, 0.2) is 24.3 Å². The van der Waals surface area contributed by atoms with E-state index in [9.17, 15) is 8.78 Å². The summed E-state index contributed by atoms with van der Waals surface area (Å²) in [5.74, 6) is -1.05. The fourth-order valence-electron chi connectivity index (χ4n) is 2.08. The molecule has 0 saturated carbocycles. The summed E-state index contributed by atoms with van der Waals surface area (Å²) in [4.78, 5) is 2.47. The Kier molecular flexibility index (Phi) is 4.32. The third kappa shape index (κ3) is 3.39. The predicted molar refractivity (Wildman–Crippen MR) is 75.7 cm³/mol. The second kappa shape index (κ2) is 5.80. The maximum absolute atomic E-state index is 13.2. The Bertz CT molecular complexity index is 538. The number of hydrogen-bond donors (Lipinski definition) is 1. The third-order valence-electron chi connectivity index (χ3n) is 3.24. The van der Waals surface area contributed by atoms with Crippen LogP contribution in [0.3, 0.4) is 0 Å². The molecule has 2 aromatic rings. The molecule has 2 rings (SSSR count). The van der Waals surface area contributed by atoms with Crippen molar-refractivity contribution in [3.8, 4) is 0 Å². The number of nitrogens with one attached hydrogen (secondary N) is 1. The topological polar surface area (TPSA) is 12.0 Å². The minimum atomic E-state index is -0.525. The van der Waals surface area contributed by atoms with Gasteiger partial charge in [-0.15, -0.1) is 11.3 Å². The average Bonchev–Trinajstić information content (AvgIpc) is 2.65. The zero-order valence-electron chi connectivity index (χ0n) is 11.3. The molecule has 0 aliphatic heterocycles. The maximum Gasteiger partial charge on any atom is 0.126 e. The molecular weight excluding hydrogens is 264 g/mol. The number of hydrogen-bond acceptors (Lipinski definition) is 2. The molecule has 0 spiro atoms. The Morgan fingerprint density at radius 3 is 2.21 bits per heavy atom. The quantitative estimate of drug-likeness (QED) is 0.888. The third-order valence-corrected chi connectivity index (χ3v) is 4.51. The van der Waals surface area contributed by atoms with Crippen LogP contribution in [0, 0.1) is 25.5 Å². The zero-order chi connectivity index (χ0) is 14.0. The predicted octanol–water partition coefficient (Wildman–Crippen LogP) is 4.15. The smallest absolute Gasteiger partial charge is 0.126 e. The van der Waals surface area contributed by atoms with Crippen molar-refractivity contribution in [3.63, 3.8) is 0 Å². The summed E-state index contributed by atoms with van der Waals surface area (Å²) in [5, 5.41) is 3.21. The Balaban J connectivity index is 2.23. The molecule has 0 fully saturated rings. The lowest BCUT2D eigenvalue weighted by Crippen LogP contribution is -2.17. The summed E-state index contributed by atoms with van der Waals surface area (Å²) in [6.45, 7) is 4.15. The number of halogens is 2. The highest BCUT2D eigenvalue weighted by Crippen LogP contribution is 2.28. The van der Waals surface area contributed by atoms with Crippen molar-refractivity contribution in [1.29, 1.82) is 0 Å². The largest absolute Gasteiger partial charge is 0.312 e. The molecule has 1 nitrogen and oxygen atoms in total. The Labute approximate surface area is 116 Å². The van der Waals surface area contributed by atoms with Crippen molar-refractivity contribution in [2.45, 2.75) is 26.3 Å². The average molecular weight is 281 g/mol. The normalized spacial score (nSPS) is 12.7. The summed E-state index contributed by atoms with van der Waals surface area (Å²) >= 11 is 1.72. The fraction of sp³-hybridized carbons (Fsp3) is 0.333. The standard InChI is InChI=1S/C15H17F2NS/c1-9-4-15(19-10(9)2)14(18-3)7-11-5-12(16)8-13(17)6-11/h4-6,8,14,18H,7H2,1-3H3. The van der Waals surface area contributed by atoms with Crippen LogP contribution in [0.25, 0.3) is 0 Å². The Hall–Kier alpha value is -1.26. The molecule has 1 aromatic carbocycles. The van der Waals surface area contributed by atoms with Crippen LogP contribution in [-0.4, -0.2) is 7.05 Å². The van der Waals surface area contributed by atoms with Gasteiger partial charge in [0.1, 0.15) is 11.6 Å². The summed E-state index contributed by atoms with van der Waals surface area (Å²) in [5.41, 5.74) is 1.92. The van der Waals surface area contributed by atoms with Gasteiger partial charge in [0.15, 0.2) is 0 Å². The molecule has 0 radical (unpaired) electrons. The Morgan fingerprint density at radius 2 is 1.74 bits per heavy atom. The number of thiophene rings is 1. The SMILES string of the molecule is CNC(Cc1cc(F)cc(F)c1)c1cc(C)c(C)s1. The molecule has 19 heavy (non-hydrogen) atoms. The molecule has 0 aliphatic carbocycles. The van der Waals surface area contributed by atoms with E-state index in [1.165, 1.54) is 27.5 Å². The summed E-state index contributed by atoms with van der Waals surface area (Å²) in [6, 6.07) is 5.90. The molecule has 1 N–H and O–H groups in total. The van der Waals surface area contributed by atoms with E-state index in [2.05, 4.69) is 25.2 Å². The molecule has 102 valence electrons. The van der Waals surface area contributed by atoms with Crippen LogP contribution in [0.4, 0.5) is 8.78 Å². The monoisotopic (exact) mass is 281 g/mol. The van der Waals surface area contributed by atoms with Gasteiger partial charge in [-0.2, -0.15) is 0 Å². The molecule has 0 saturated heterocycles. The zero-order valence-corrected chi connectivity index (χ0v) is 12.1.